The Hall–Kier alpha value is -3.13. The van der Waals surface area contributed by atoms with E-state index in [0.717, 1.165) is 5.56 Å². The Labute approximate surface area is 215 Å². The van der Waals surface area contributed by atoms with Crippen molar-refractivity contribution < 1.29 is 23.5 Å². The molecule has 9 heteroatoms. The maximum atomic E-state index is 14.0. The SMILES string of the molecule is CC[C@H](C)[C@H](NC(=O)N1CCC2(CC1)C(=O)N(c1cccc(F)c1)C2c1ccc(Cl)cc1)C(=O)OC. The van der Waals surface area contributed by atoms with Gasteiger partial charge in [-0.1, -0.05) is 50.1 Å². The van der Waals surface area contributed by atoms with Crippen LogP contribution in [0.1, 0.15) is 44.7 Å². The minimum absolute atomic E-state index is 0.0832. The fourth-order valence-electron chi connectivity index (χ4n) is 5.28. The van der Waals surface area contributed by atoms with Crippen molar-refractivity contribution >= 4 is 35.2 Å². The van der Waals surface area contributed by atoms with Gasteiger partial charge >= 0.3 is 12.0 Å². The molecule has 0 radical (unpaired) electrons. The number of hydrogen-bond acceptors (Lipinski definition) is 4. The number of methoxy groups -OCH3 is 1. The molecule has 3 atom stereocenters. The predicted molar refractivity (Wildman–Crippen MR) is 135 cm³/mol. The molecule has 2 aromatic carbocycles. The highest BCUT2D eigenvalue weighted by molar-refractivity contribution is 6.30. The Morgan fingerprint density at radius 2 is 1.86 bits per heavy atom. The van der Waals surface area contributed by atoms with Crippen molar-refractivity contribution in [2.45, 2.75) is 45.2 Å². The normalized spacial score (nSPS) is 20.5. The van der Waals surface area contributed by atoms with Gasteiger partial charge in [0, 0.05) is 23.8 Å². The summed E-state index contributed by atoms with van der Waals surface area (Å²) >= 11 is 6.10. The standard InChI is InChI=1S/C27H31ClFN3O4/c1-4-17(2)22(24(33)36-3)30-26(35)31-14-12-27(13-15-31)23(18-8-10-19(28)11-9-18)32(25(27)34)21-7-5-6-20(29)16-21/h5-11,16-17,22-23H,4,12-15H2,1-3H3,(H,30,35)/t17-,22-,23?/m0/s1. The van der Waals surface area contributed by atoms with E-state index in [4.69, 9.17) is 16.3 Å². The number of ether oxygens (including phenoxy) is 1. The first kappa shape index (κ1) is 25.9. The maximum Gasteiger partial charge on any atom is 0.328 e. The first-order valence-corrected chi connectivity index (χ1v) is 12.6. The number of benzene rings is 2. The van der Waals surface area contributed by atoms with E-state index in [-0.39, 0.29) is 23.9 Å². The summed E-state index contributed by atoms with van der Waals surface area (Å²) in [5.74, 6) is -1.06. The zero-order valence-corrected chi connectivity index (χ0v) is 21.4. The van der Waals surface area contributed by atoms with Gasteiger partial charge in [0.15, 0.2) is 0 Å². The number of carbonyl (C=O) groups excluding carboxylic acids is 3. The van der Waals surface area contributed by atoms with Crippen LogP contribution < -0.4 is 10.2 Å². The number of likely N-dealkylation sites (tertiary alicyclic amines) is 1. The summed E-state index contributed by atoms with van der Waals surface area (Å²) in [7, 11) is 1.30. The zero-order chi connectivity index (χ0) is 26.0. The van der Waals surface area contributed by atoms with Crippen LogP contribution in [0.2, 0.25) is 5.02 Å². The molecule has 2 saturated heterocycles. The van der Waals surface area contributed by atoms with E-state index in [0.29, 0.717) is 43.1 Å². The topological polar surface area (TPSA) is 79.0 Å². The van der Waals surface area contributed by atoms with Crippen LogP contribution in [0.25, 0.3) is 0 Å². The predicted octanol–water partition coefficient (Wildman–Crippen LogP) is 4.95. The van der Waals surface area contributed by atoms with Crippen molar-refractivity contribution in [1.82, 2.24) is 10.2 Å². The van der Waals surface area contributed by atoms with Gasteiger partial charge in [0.25, 0.3) is 0 Å². The fraction of sp³-hybridized carbons (Fsp3) is 0.444. The van der Waals surface area contributed by atoms with Gasteiger partial charge in [-0.2, -0.15) is 0 Å². The molecule has 0 aliphatic carbocycles. The van der Waals surface area contributed by atoms with E-state index >= 15 is 0 Å². The largest absolute Gasteiger partial charge is 0.467 e. The zero-order valence-electron chi connectivity index (χ0n) is 20.7. The van der Waals surface area contributed by atoms with Crippen molar-refractivity contribution in [3.05, 3.63) is 64.9 Å². The highest BCUT2D eigenvalue weighted by Crippen LogP contribution is 2.57. The number of carbonyl (C=O) groups is 3. The van der Waals surface area contributed by atoms with Crippen molar-refractivity contribution in [1.29, 1.82) is 0 Å². The molecular weight excluding hydrogens is 485 g/mol. The minimum atomic E-state index is -0.737. The molecule has 192 valence electrons. The summed E-state index contributed by atoms with van der Waals surface area (Å²) < 4.78 is 18.9. The summed E-state index contributed by atoms with van der Waals surface area (Å²) in [5, 5.41) is 3.40. The van der Waals surface area contributed by atoms with E-state index < -0.39 is 23.2 Å². The van der Waals surface area contributed by atoms with Crippen LogP contribution in [0.5, 0.6) is 0 Å². The first-order chi connectivity index (χ1) is 17.2. The lowest BCUT2D eigenvalue weighted by Crippen LogP contribution is -2.67. The monoisotopic (exact) mass is 515 g/mol. The van der Waals surface area contributed by atoms with Gasteiger partial charge in [-0.05, 0) is 54.7 Å². The summed E-state index contributed by atoms with van der Waals surface area (Å²) in [5.41, 5.74) is 0.693. The van der Waals surface area contributed by atoms with E-state index in [1.807, 2.05) is 26.0 Å². The van der Waals surface area contributed by atoms with Gasteiger partial charge in [0.2, 0.25) is 5.91 Å². The van der Waals surface area contributed by atoms with E-state index in [1.54, 1.807) is 34.1 Å². The van der Waals surface area contributed by atoms with Crippen LogP contribution in [-0.4, -0.2) is 49.0 Å². The second-order valence-electron chi connectivity index (χ2n) is 9.59. The molecule has 2 aromatic rings. The Morgan fingerprint density at radius 3 is 2.44 bits per heavy atom. The quantitative estimate of drug-likeness (QED) is 0.436. The van der Waals surface area contributed by atoms with Crippen LogP contribution in [0, 0.1) is 17.2 Å². The molecule has 3 amide bonds. The summed E-state index contributed by atoms with van der Waals surface area (Å²) in [6.45, 7) is 4.54. The summed E-state index contributed by atoms with van der Waals surface area (Å²) in [4.78, 5) is 42.1. The highest BCUT2D eigenvalue weighted by atomic mass is 35.5. The Kier molecular flexibility index (Phi) is 7.54. The number of halogens is 2. The molecule has 0 saturated carbocycles. The maximum absolute atomic E-state index is 14.0. The van der Waals surface area contributed by atoms with Crippen LogP contribution in [0.3, 0.4) is 0 Å². The van der Waals surface area contributed by atoms with Crippen LogP contribution in [-0.2, 0) is 14.3 Å². The lowest BCUT2D eigenvalue weighted by atomic mass is 9.62. The highest BCUT2D eigenvalue weighted by Gasteiger charge is 2.62. The van der Waals surface area contributed by atoms with Crippen LogP contribution in [0.4, 0.5) is 14.9 Å². The van der Waals surface area contributed by atoms with Gasteiger partial charge in [0.05, 0.1) is 18.6 Å². The average Bonchev–Trinajstić information content (AvgIpc) is 2.89. The Balaban J connectivity index is 1.54. The van der Waals surface area contributed by atoms with Gasteiger partial charge in [-0.3, -0.25) is 4.79 Å². The number of esters is 1. The number of nitrogens with zero attached hydrogens (tertiary/aromatic N) is 2. The molecular formula is C27H31ClFN3O4. The van der Waals surface area contributed by atoms with Gasteiger partial charge in [0.1, 0.15) is 11.9 Å². The number of piperidine rings is 1. The molecule has 0 aromatic heterocycles. The molecule has 0 bridgehead atoms. The lowest BCUT2D eigenvalue weighted by Gasteiger charge is -2.59. The molecule has 36 heavy (non-hydrogen) atoms. The Bertz CT molecular complexity index is 1130. The molecule has 2 aliphatic rings. The Morgan fingerprint density at radius 1 is 1.19 bits per heavy atom. The molecule has 2 aliphatic heterocycles. The smallest absolute Gasteiger partial charge is 0.328 e. The van der Waals surface area contributed by atoms with E-state index in [9.17, 15) is 18.8 Å². The van der Waals surface area contributed by atoms with Gasteiger partial charge in [-0.15, -0.1) is 0 Å². The number of amides is 3. The molecule has 4 rings (SSSR count). The van der Waals surface area contributed by atoms with Crippen LogP contribution in [0.15, 0.2) is 48.5 Å². The number of nitrogens with one attached hydrogen (secondary N) is 1. The number of rotatable bonds is 6. The molecule has 1 unspecified atom stereocenters. The van der Waals surface area contributed by atoms with Gasteiger partial charge in [-0.25, -0.2) is 14.0 Å². The van der Waals surface area contributed by atoms with Gasteiger partial charge < -0.3 is 19.9 Å². The second kappa shape index (κ2) is 10.5. The third-order valence-electron chi connectivity index (χ3n) is 7.59. The number of anilines is 1. The first-order valence-electron chi connectivity index (χ1n) is 12.2. The molecule has 1 N–H and O–H groups in total. The molecule has 1 spiro atoms. The summed E-state index contributed by atoms with van der Waals surface area (Å²) in [6.07, 6.45) is 1.60. The van der Waals surface area contributed by atoms with Crippen LogP contribution >= 0.6 is 11.6 Å². The molecule has 7 nitrogen and oxygen atoms in total. The van der Waals surface area contributed by atoms with Crippen molar-refractivity contribution in [3.63, 3.8) is 0 Å². The molecule has 2 heterocycles. The minimum Gasteiger partial charge on any atom is -0.467 e. The van der Waals surface area contributed by atoms with Crippen molar-refractivity contribution in [3.8, 4) is 0 Å². The fourth-order valence-corrected chi connectivity index (χ4v) is 5.40. The molecule has 2 fully saturated rings. The number of β-lactam (4-membered cyclic amide) rings is 1. The second-order valence-corrected chi connectivity index (χ2v) is 10.0. The third-order valence-corrected chi connectivity index (χ3v) is 7.84. The summed E-state index contributed by atoms with van der Waals surface area (Å²) in [6, 6.07) is 12.0. The van der Waals surface area contributed by atoms with Crippen molar-refractivity contribution in [2.24, 2.45) is 11.3 Å². The number of urea groups is 1. The van der Waals surface area contributed by atoms with Crippen molar-refractivity contribution in [2.75, 3.05) is 25.1 Å². The van der Waals surface area contributed by atoms with E-state index in [2.05, 4.69) is 5.32 Å². The van der Waals surface area contributed by atoms with E-state index in [1.165, 1.54) is 19.2 Å². The third kappa shape index (κ3) is 4.66. The number of hydrogen-bond donors (Lipinski definition) is 1. The average molecular weight is 516 g/mol. The lowest BCUT2D eigenvalue weighted by molar-refractivity contribution is -0.144.